The average molecular weight is 320 g/mol. The number of aryl methyl sites for hydroxylation is 2. The largest absolute Gasteiger partial charge is 0.361 e. The highest BCUT2D eigenvalue weighted by Gasteiger charge is 2.19. The predicted molar refractivity (Wildman–Crippen MR) is 81.0 cm³/mol. The number of carbonyl (C=O) groups excluding carboxylic acids is 1. The molecular weight excluding hydrogens is 304 g/mol. The van der Waals surface area contributed by atoms with Crippen LogP contribution in [0.3, 0.4) is 0 Å². The van der Waals surface area contributed by atoms with Crippen molar-refractivity contribution in [2.45, 2.75) is 33.7 Å². The number of amides is 1. The molecule has 0 bridgehead atoms. The SMILES string of the molecule is Cc1noc(C)c1Cn1c(C)c(C(=O)NCCC#N)sc1=O. The minimum absolute atomic E-state index is 0.206. The van der Waals surface area contributed by atoms with Gasteiger partial charge in [0.05, 0.1) is 24.7 Å². The van der Waals surface area contributed by atoms with Gasteiger partial charge in [0.15, 0.2) is 0 Å². The molecule has 22 heavy (non-hydrogen) atoms. The molecule has 0 aromatic carbocycles. The van der Waals surface area contributed by atoms with Gasteiger partial charge in [0.1, 0.15) is 10.6 Å². The summed E-state index contributed by atoms with van der Waals surface area (Å²) < 4.78 is 6.63. The number of nitrogens with zero attached hydrogens (tertiary/aromatic N) is 3. The molecule has 1 N–H and O–H groups in total. The Bertz CT molecular complexity index is 775. The van der Waals surface area contributed by atoms with Crippen LogP contribution in [-0.4, -0.2) is 22.2 Å². The minimum atomic E-state index is -0.327. The number of thiazole rings is 1. The van der Waals surface area contributed by atoms with Crippen molar-refractivity contribution in [1.82, 2.24) is 15.0 Å². The highest BCUT2D eigenvalue weighted by molar-refractivity contribution is 7.11. The zero-order valence-electron chi connectivity index (χ0n) is 12.6. The van der Waals surface area contributed by atoms with Crippen molar-refractivity contribution in [3.8, 4) is 6.07 Å². The predicted octanol–water partition coefficient (Wildman–Crippen LogP) is 1.51. The first-order valence-corrected chi connectivity index (χ1v) is 7.54. The van der Waals surface area contributed by atoms with Crippen LogP contribution < -0.4 is 10.2 Å². The number of aromatic nitrogens is 2. The summed E-state index contributed by atoms with van der Waals surface area (Å²) in [6, 6.07) is 1.95. The maximum Gasteiger partial charge on any atom is 0.308 e. The van der Waals surface area contributed by atoms with E-state index >= 15 is 0 Å². The standard InChI is InChI=1S/C14H16N4O3S/c1-8-11(10(3)21-17-8)7-18-9(2)12(22-14(18)20)13(19)16-6-4-5-15/h4,6-7H2,1-3H3,(H,16,19). The lowest BCUT2D eigenvalue weighted by Gasteiger charge is -2.05. The summed E-state index contributed by atoms with van der Waals surface area (Å²) in [4.78, 5) is 24.4. The van der Waals surface area contributed by atoms with Gasteiger partial charge < -0.3 is 9.84 Å². The third-order valence-corrected chi connectivity index (χ3v) is 4.45. The fraction of sp³-hybridized carbons (Fsp3) is 0.429. The summed E-state index contributed by atoms with van der Waals surface area (Å²) in [5.41, 5.74) is 2.18. The van der Waals surface area contributed by atoms with Gasteiger partial charge in [0.25, 0.3) is 5.91 Å². The number of carbonyl (C=O) groups is 1. The van der Waals surface area contributed by atoms with Crippen molar-refractivity contribution in [1.29, 1.82) is 5.26 Å². The molecule has 0 aliphatic heterocycles. The Balaban J connectivity index is 2.26. The van der Waals surface area contributed by atoms with E-state index in [9.17, 15) is 9.59 Å². The molecule has 0 atom stereocenters. The molecule has 8 heteroatoms. The Hall–Kier alpha value is -2.40. The molecule has 0 saturated heterocycles. The van der Waals surface area contributed by atoms with E-state index in [1.807, 2.05) is 13.0 Å². The molecule has 0 unspecified atom stereocenters. The van der Waals surface area contributed by atoms with Gasteiger partial charge >= 0.3 is 4.87 Å². The Morgan fingerprint density at radius 3 is 2.77 bits per heavy atom. The molecule has 0 radical (unpaired) electrons. The van der Waals surface area contributed by atoms with Crippen LogP contribution in [0, 0.1) is 32.1 Å². The molecule has 0 aliphatic carbocycles. The average Bonchev–Trinajstić information content (AvgIpc) is 2.94. The summed E-state index contributed by atoms with van der Waals surface area (Å²) in [6.07, 6.45) is 0.236. The number of rotatable bonds is 5. The van der Waals surface area contributed by atoms with E-state index in [-0.39, 0.29) is 23.7 Å². The van der Waals surface area contributed by atoms with E-state index in [0.717, 1.165) is 22.6 Å². The Kier molecular flexibility index (Phi) is 4.78. The van der Waals surface area contributed by atoms with Gasteiger partial charge in [-0.25, -0.2) is 0 Å². The maximum absolute atomic E-state index is 12.1. The Morgan fingerprint density at radius 1 is 1.45 bits per heavy atom. The lowest BCUT2D eigenvalue weighted by molar-refractivity contribution is 0.0957. The van der Waals surface area contributed by atoms with Crippen molar-refractivity contribution in [2.24, 2.45) is 0 Å². The van der Waals surface area contributed by atoms with E-state index in [1.54, 1.807) is 13.8 Å². The van der Waals surface area contributed by atoms with E-state index in [0.29, 0.717) is 22.9 Å². The van der Waals surface area contributed by atoms with Crippen LogP contribution in [0.25, 0.3) is 0 Å². The lowest BCUT2D eigenvalue weighted by atomic mass is 10.2. The fourth-order valence-electron chi connectivity index (χ4n) is 2.07. The van der Waals surface area contributed by atoms with Crippen molar-refractivity contribution < 1.29 is 9.32 Å². The van der Waals surface area contributed by atoms with Crippen LogP contribution in [-0.2, 0) is 6.54 Å². The molecule has 7 nitrogen and oxygen atoms in total. The van der Waals surface area contributed by atoms with Crippen LogP contribution in [0.4, 0.5) is 0 Å². The molecule has 2 aromatic rings. The molecular formula is C14H16N4O3S. The molecule has 0 saturated carbocycles. The zero-order chi connectivity index (χ0) is 16.3. The molecule has 0 aliphatic rings. The van der Waals surface area contributed by atoms with Crippen molar-refractivity contribution in [3.05, 3.63) is 37.3 Å². The van der Waals surface area contributed by atoms with Crippen LogP contribution in [0.5, 0.6) is 0 Å². The quantitative estimate of drug-likeness (QED) is 0.842. The molecule has 0 spiro atoms. The zero-order valence-corrected chi connectivity index (χ0v) is 13.4. The van der Waals surface area contributed by atoms with Gasteiger partial charge in [-0.1, -0.05) is 16.5 Å². The van der Waals surface area contributed by atoms with E-state index in [4.69, 9.17) is 9.78 Å². The van der Waals surface area contributed by atoms with Crippen LogP contribution >= 0.6 is 11.3 Å². The minimum Gasteiger partial charge on any atom is -0.361 e. The number of hydrogen-bond donors (Lipinski definition) is 1. The first-order chi connectivity index (χ1) is 10.5. The van der Waals surface area contributed by atoms with E-state index < -0.39 is 0 Å². The normalized spacial score (nSPS) is 10.5. The second-order valence-electron chi connectivity index (χ2n) is 4.84. The number of nitriles is 1. The fourth-order valence-corrected chi connectivity index (χ4v) is 2.98. The first-order valence-electron chi connectivity index (χ1n) is 6.72. The molecule has 1 amide bonds. The van der Waals surface area contributed by atoms with E-state index in [2.05, 4.69) is 10.5 Å². The smallest absolute Gasteiger partial charge is 0.308 e. The van der Waals surface area contributed by atoms with Crippen LogP contribution in [0.2, 0.25) is 0 Å². The van der Waals surface area contributed by atoms with Gasteiger partial charge in [0.2, 0.25) is 0 Å². The van der Waals surface area contributed by atoms with E-state index in [1.165, 1.54) is 4.57 Å². The molecule has 0 fully saturated rings. The topological polar surface area (TPSA) is 101 Å². The second-order valence-corrected chi connectivity index (χ2v) is 5.80. The van der Waals surface area contributed by atoms with Gasteiger partial charge in [-0.05, 0) is 20.8 Å². The van der Waals surface area contributed by atoms with Crippen molar-refractivity contribution >= 4 is 17.2 Å². The van der Waals surface area contributed by atoms with Crippen LogP contribution in [0.15, 0.2) is 9.32 Å². The van der Waals surface area contributed by atoms with Crippen molar-refractivity contribution in [3.63, 3.8) is 0 Å². The number of nitrogens with one attached hydrogen (secondary N) is 1. The summed E-state index contributed by atoms with van der Waals surface area (Å²) in [5.74, 6) is 0.336. The molecule has 2 heterocycles. The summed E-state index contributed by atoms with van der Waals surface area (Å²) in [7, 11) is 0. The molecule has 116 valence electrons. The van der Waals surface area contributed by atoms with Gasteiger partial charge in [0, 0.05) is 17.8 Å². The third kappa shape index (κ3) is 3.09. The van der Waals surface area contributed by atoms with Gasteiger partial charge in [-0.2, -0.15) is 5.26 Å². The summed E-state index contributed by atoms with van der Waals surface area (Å²) in [5, 5.41) is 15.0. The molecule has 2 aromatic heterocycles. The van der Waals surface area contributed by atoms with Gasteiger partial charge in [-0.15, -0.1) is 0 Å². The first kappa shape index (κ1) is 16.0. The molecule has 2 rings (SSSR count). The Labute approximate surface area is 131 Å². The Morgan fingerprint density at radius 2 is 2.18 bits per heavy atom. The highest BCUT2D eigenvalue weighted by Crippen LogP contribution is 2.17. The highest BCUT2D eigenvalue weighted by atomic mass is 32.1. The summed E-state index contributed by atoms with van der Waals surface area (Å²) >= 11 is 0.902. The second kappa shape index (κ2) is 6.58. The number of hydrogen-bond acceptors (Lipinski definition) is 6. The van der Waals surface area contributed by atoms with Crippen LogP contribution in [0.1, 0.15) is 38.8 Å². The maximum atomic E-state index is 12.1. The van der Waals surface area contributed by atoms with Crippen molar-refractivity contribution in [2.75, 3.05) is 6.54 Å². The third-order valence-electron chi connectivity index (χ3n) is 3.37. The monoisotopic (exact) mass is 320 g/mol. The van der Waals surface area contributed by atoms with Gasteiger partial charge in [-0.3, -0.25) is 14.2 Å². The summed E-state index contributed by atoms with van der Waals surface area (Å²) in [6.45, 7) is 5.93. The lowest BCUT2D eigenvalue weighted by Crippen LogP contribution is -2.24.